The number of nitrogens with zero attached hydrogens (tertiary/aromatic N) is 1. The van der Waals surface area contributed by atoms with Crippen LogP contribution in [0.25, 0.3) is 0 Å². The molecule has 1 aliphatic heterocycles. The van der Waals surface area contributed by atoms with Crippen molar-refractivity contribution in [1.82, 2.24) is 15.5 Å². The minimum atomic E-state index is -0.867. The highest BCUT2D eigenvalue weighted by Gasteiger charge is 2.44. The zero-order chi connectivity index (χ0) is 16.0. The van der Waals surface area contributed by atoms with Crippen molar-refractivity contribution in [2.24, 2.45) is 5.41 Å². The zero-order valence-corrected chi connectivity index (χ0v) is 12.9. The molecule has 7 nitrogen and oxygen atoms in total. The molecule has 7 heteroatoms. The quantitative estimate of drug-likeness (QED) is 0.675. The van der Waals surface area contributed by atoms with Gasteiger partial charge in [-0.15, -0.1) is 0 Å². The van der Waals surface area contributed by atoms with Crippen molar-refractivity contribution < 1.29 is 19.5 Å². The molecule has 2 unspecified atom stereocenters. The van der Waals surface area contributed by atoms with E-state index in [4.69, 9.17) is 0 Å². The summed E-state index contributed by atoms with van der Waals surface area (Å²) in [6, 6.07) is -1.02. The number of hydrogen-bond acceptors (Lipinski definition) is 3. The molecule has 1 rings (SSSR count). The number of carbonyl (C=O) groups is 3. The van der Waals surface area contributed by atoms with Gasteiger partial charge in [0.1, 0.15) is 6.04 Å². The van der Waals surface area contributed by atoms with Gasteiger partial charge in [-0.3, -0.25) is 9.59 Å². The van der Waals surface area contributed by atoms with Crippen molar-refractivity contribution in [3.8, 4) is 0 Å². The molecule has 0 saturated carbocycles. The van der Waals surface area contributed by atoms with Crippen molar-refractivity contribution in [2.75, 3.05) is 19.6 Å². The first-order valence-electron chi connectivity index (χ1n) is 7.43. The van der Waals surface area contributed by atoms with Crippen LogP contribution in [0.5, 0.6) is 0 Å². The second kappa shape index (κ2) is 7.28. The van der Waals surface area contributed by atoms with Crippen molar-refractivity contribution in [3.63, 3.8) is 0 Å². The molecule has 0 aliphatic carbocycles. The maximum absolute atomic E-state index is 12.1. The first-order valence-corrected chi connectivity index (χ1v) is 7.43. The minimum Gasteiger partial charge on any atom is -0.481 e. The molecule has 1 heterocycles. The largest absolute Gasteiger partial charge is 0.481 e. The number of aliphatic carboxylic acids is 1. The van der Waals surface area contributed by atoms with Crippen LogP contribution in [0.1, 0.15) is 40.0 Å². The fraction of sp³-hybridized carbons (Fsp3) is 0.786. The highest BCUT2D eigenvalue weighted by atomic mass is 16.4. The molecule has 1 aliphatic rings. The fourth-order valence-electron chi connectivity index (χ4n) is 2.40. The van der Waals surface area contributed by atoms with E-state index in [1.807, 2.05) is 13.8 Å². The SMILES string of the molecule is CCCNC(=O)C(C)NC(=O)N1CCC(CC)(C(=O)O)C1. The molecule has 0 aromatic heterocycles. The second-order valence-corrected chi connectivity index (χ2v) is 5.57. The van der Waals surface area contributed by atoms with Crippen LogP contribution < -0.4 is 10.6 Å². The molecule has 0 aromatic carbocycles. The van der Waals surface area contributed by atoms with Crippen molar-refractivity contribution in [2.45, 2.75) is 46.1 Å². The van der Waals surface area contributed by atoms with Gasteiger partial charge in [0.15, 0.2) is 0 Å². The summed E-state index contributed by atoms with van der Waals surface area (Å²) in [4.78, 5) is 36.6. The molecule has 120 valence electrons. The van der Waals surface area contributed by atoms with Gasteiger partial charge < -0.3 is 20.6 Å². The van der Waals surface area contributed by atoms with Crippen LogP contribution in [0.2, 0.25) is 0 Å². The molecular formula is C14H25N3O4. The number of rotatable bonds is 6. The van der Waals surface area contributed by atoms with Crippen LogP contribution in [0.4, 0.5) is 4.79 Å². The van der Waals surface area contributed by atoms with Crippen LogP contribution in [-0.2, 0) is 9.59 Å². The molecule has 0 spiro atoms. The lowest BCUT2D eigenvalue weighted by atomic mass is 9.84. The Bertz CT molecular complexity index is 413. The Kier molecular flexibility index (Phi) is 5.99. The van der Waals surface area contributed by atoms with Crippen LogP contribution in [0.15, 0.2) is 0 Å². The summed E-state index contributed by atoms with van der Waals surface area (Å²) in [5.74, 6) is -1.10. The Morgan fingerprint density at radius 3 is 2.48 bits per heavy atom. The normalized spacial score (nSPS) is 22.7. The van der Waals surface area contributed by atoms with Crippen molar-refractivity contribution in [1.29, 1.82) is 0 Å². The Hall–Kier alpha value is -1.79. The van der Waals surface area contributed by atoms with Gasteiger partial charge >= 0.3 is 12.0 Å². The minimum absolute atomic E-state index is 0.188. The van der Waals surface area contributed by atoms with Gasteiger partial charge in [0, 0.05) is 19.6 Å². The van der Waals surface area contributed by atoms with Crippen LogP contribution in [0, 0.1) is 5.41 Å². The van der Waals surface area contributed by atoms with E-state index < -0.39 is 17.4 Å². The zero-order valence-electron chi connectivity index (χ0n) is 12.9. The number of amides is 3. The van der Waals surface area contributed by atoms with Crippen LogP contribution in [0.3, 0.4) is 0 Å². The first kappa shape index (κ1) is 17.3. The lowest BCUT2D eigenvalue weighted by molar-refractivity contribution is -0.148. The molecule has 2 atom stereocenters. The topological polar surface area (TPSA) is 98.7 Å². The number of carboxylic acid groups (broad SMARTS) is 1. The summed E-state index contributed by atoms with van der Waals surface area (Å²) < 4.78 is 0. The predicted octanol–water partition coefficient (Wildman–Crippen LogP) is 0.797. The second-order valence-electron chi connectivity index (χ2n) is 5.57. The summed E-state index contributed by atoms with van der Waals surface area (Å²) in [7, 11) is 0. The third-order valence-electron chi connectivity index (χ3n) is 4.05. The number of nitrogens with one attached hydrogen (secondary N) is 2. The summed E-state index contributed by atoms with van der Waals surface area (Å²) >= 11 is 0. The van der Waals surface area contributed by atoms with Crippen molar-refractivity contribution in [3.05, 3.63) is 0 Å². The highest BCUT2D eigenvalue weighted by Crippen LogP contribution is 2.34. The third kappa shape index (κ3) is 4.09. The van der Waals surface area contributed by atoms with Gasteiger partial charge in [0.25, 0.3) is 0 Å². The van der Waals surface area contributed by atoms with E-state index in [0.29, 0.717) is 25.9 Å². The van der Waals surface area contributed by atoms with Crippen molar-refractivity contribution >= 4 is 17.9 Å². The molecule has 0 bridgehead atoms. The van der Waals surface area contributed by atoms with E-state index >= 15 is 0 Å². The summed E-state index contributed by atoms with van der Waals surface area (Å²) in [5.41, 5.74) is -0.856. The molecule has 3 amide bonds. The summed E-state index contributed by atoms with van der Waals surface area (Å²) in [6.07, 6.45) is 1.76. The van der Waals surface area contributed by atoms with Gasteiger partial charge in [-0.05, 0) is 26.2 Å². The molecule has 1 fully saturated rings. The van der Waals surface area contributed by atoms with Crippen LogP contribution in [-0.4, -0.2) is 53.6 Å². The van der Waals surface area contributed by atoms with Gasteiger partial charge in [-0.1, -0.05) is 13.8 Å². The number of carbonyl (C=O) groups excluding carboxylic acids is 2. The highest BCUT2D eigenvalue weighted by molar-refractivity contribution is 5.87. The monoisotopic (exact) mass is 299 g/mol. The Labute approximate surface area is 125 Å². The lowest BCUT2D eigenvalue weighted by Gasteiger charge is -2.24. The van der Waals surface area contributed by atoms with E-state index in [0.717, 1.165) is 6.42 Å². The fourth-order valence-corrected chi connectivity index (χ4v) is 2.40. The summed E-state index contributed by atoms with van der Waals surface area (Å²) in [6.45, 7) is 6.54. The first-order chi connectivity index (χ1) is 9.86. The molecule has 1 saturated heterocycles. The summed E-state index contributed by atoms with van der Waals surface area (Å²) in [5, 5.41) is 14.6. The Morgan fingerprint density at radius 1 is 1.33 bits per heavy atom. The molecule has 3 N–H and O–H groups in total. The average Bonchev–Trinajstić information content (AvgIpc) is 2.90. The molecule has 21 heavy (non-hydrogen) atoms. The number of carboxylic acids is 1. The number of urea groups is 1. The van der Waals surface area contributed by atoms with E-state index in [2.05, 4.69) is 10.6 Å². The number of hydrogen-bond donors (Lipinski definition) is 3. The van der Waals surface area contributed by atoms with E-state index in [-0.39, 0.29) is 18.5 Å². The van der Waals surface area contributed by atoms with Gasteiger partial charge in [-0.2, -0.15) is 0 Å². The van der Waals surface area contributed by atoms with Gasteiger partial charge in [0.2, 0.25) is 5.91 Å². The van der Waals surface area contributed by atoms with Crippen LogP contribution >= 0.6 is 0 Å². The standard InChI is InChI=1S/C14H25N3O4/c1-4-7-15-11(18)10(3)16-13(21)17-8-6-14(5-2,9-17)12(19)20/h10H,4-9H2,1-3H3,(H,15,18)(H,16,21)(H,19,20). The third-order valence-corrected chi connectivity index (χ3v) is 4.05. The molecular weight excluding hydrogens is 274 g/mol. The van der Waals surface area contributed by atoms with E-state index in [9.17, 15) is 19.5 Å². The smallest absolute Gasteiger partial charge is 0.318 e. The Balaban J connectivity index is 2.54. The maximum atomic E-state index is 12.1. The van der Waals surface area contributed by atoms with Gasteiger partial charge in [-0.25, -0.2) is 4.79 Å². The Morgan fingerprint density at radius 2 is 2.00 bits per heavy atom. The van der Waals surface area contributed by atoms with E-state index in [1.54, 1.807) is 6.92 Å². The molecule has 0 radical (unpaired) electrons. The average molecular weight is 299 g/mol. The number of likely N-dealkylation sites (tertiary alicyclic amines) is 1. The van der Waals surface area contributed by atoms with E-state index in [1.165, 1.54) is 4.90 Å². The maximum Gasteiger partial charge on any atom is 0.318 e. The molecule has 0 aromatic rings. The van der Waals surface area contributed by atoms with Gasteiger partial charge in [0.05, 0.1) is 5.41 Å². The lowest BCUT2D eigenvalue weighted by Crippen LogP contribution is -2.50. The predicted molar refractivity (Wildman–Crippen MR) is 77.8 cm³/mol.